The highest BCUT2D eigenvalue weighted by Crippen LogP contribution is 1.97. The van der Waals surface area contributed by atoms with Gasteiger partial charge < -0.3 is 16.0 Å². The summed E-state index contributed by atoms with van der Waals surface area (Å²) in [6.45, 7) is 5.60. The molecular weight excluding hydrogens is 212 g/mol. The lowest BCUT2D eigenvalue weighted by molar-refractivity contribution is -0.120. The van der Waals surface area contributed by atoms with E-state index in [0.717, 1.165) is 0 Å². The number of amides is 5. The van der Waals surface area contributed by atoms with Crippen molar-refractivity contribution in [2.24, 2.45) is 0 Å². The van der Waals surface area contributed by atoms with Crippen LogP contribution in [0.3, 0.4) is 0 Å². The molecule has 90 valence electrons. The first-order valence-electron chi connectivity index (χ1n) is 4.95. The van der Waals surface area contributed by atoms with Crippen molar-refractivity contribution in [3.8, 4) is 0 Å². The first kappa shape index (κ1) is 12.3. The maximum absolute atomic E-state index is 11.3. The van der Waals surface area contributed by atoms with E-state index in [1.807, 2.05) is 20.8 Å². The van der Waals surface area contributed by atoms with E-state index in [-0.39, 0.29) is 18.1 Å². The minimum absolute atomic E-state index is 0.0689. The molecular formula is C9H16N4O3. The van der Waals surface area contributed by atoms with Crippen LogP contribution >= 0.6 is 0 Å². The van der Waals surface area contributed by atoms with Crippen molar-refractivity contribution in [3.63, 3.8) is 0 Å². The molecule has 0 aromatic heterocycles. The second-order valence-electron chi connectivity index (χ2n) is 4.60. The number of carbonyl (C=O) groups is 3. The van der Waals surface area contributed by atoms with E-state index in [4.69, 9.17) is 0 Å². The van der Waals surface area contributed by atoms with Crippen molar-refractivity contribution in [2.45, 2.75) is 32.4 Å². The molecule has 16 heavy (non-hydrogen) atoms. The number of imide groups is 1. The molecule has 4 N–H and O–H groups in total. The van der Waals surface area contributed by atoms with Crippen LogP contribution in [0.4, 0.5) is 9.59 Å². The molecule has 0 aliphatic carbocycles. The maximum atomic E-state index is 11.3. The molecule has 1 heterocycles. The van der Waals surface area contributed by atoms with Crippen molar-refractivity contribution < 1.29 is 14.4 Å². The van der Waals surface area contributed by atoms with Gasteiger partial charge in [0.05, 0.1) is 0 Å². The molecule has 1 atom stereocenters. The Balaban J connectivity index is 2.32. The van der Waals surface area contributed by atoms with Gasteiger partial charge in [0.1, 0.15) is 6.04 Å². The fourth-order valence-electron chi connectivity index (χ4n) is 1.18. The Bertz CT molecular complexity index is 321. The molecule has 7 heteroatoms. The van der Waals surface area contributed by atoms with Gasteiger partial charge in [0, 0.05) is 12.1 Å². The fraction of sp³-hybridized carbons (Fsp3) is 0.667. The zero-order valence-electron chi connectivity index (χ0n) is 9.51. The zero-order chi connectivity index (χ0) is 12.3. The predicted molar refractivity (Wildman–Crippen MR) is 56.7 cm³/mol. The van der Waals surface area contributed by atoms with Crippen LogP contribution in [-0.2, 0) is 4.79 Å². The Hall–Kier alpha value is -1.79. The Labute approximate surface area is 93.3 Å². The quantitative estimate of drug-likeness (QED) is 0.470. The summed E-state index contributed by atoms with van der Waals surface area (Å²) in [5.41, 5.74) is -0.342. The topological polar surface area (TPSA) is 99.3 Å². The summed E-state index contributed by atoms with van der Waals surface area (Å²) in [4.78, 5) is 33.2. The summed E-state index contributed by atoms with van der Waals surface area (Å²) in [5.74, 6) is -0.430. The van der Waals surface area contributed by atoms with Crippen LogP contribution in [0, 0.1) is 0 Å². The molecule has 0 aromatic rings. The van der Waals surface area contributed by atoms with E-state index in [1.165, 1.54) is 0 Å². The minimum Gasteiger partial charge on any atom is -0.336 e. The zero-order valence-corrected chi connectivity index (χ0v) is 9.51. The van der Waals surface area contributed by atoms with E-state index in [1.54, 1.807) is 0 Å². The summed E-state index contributed by atoms with van der Waals surface area (Å²) in [6, 6.07) is -1.60. The van der Waals surface area contributed by atoms with Gasteiger partial charge in [0.2, 0.25) is 0 Å². The number of hydrogen-bond donors (Lipinski definition) is 4. The normalized spacial score (nSPS) is 20.1. The van der Waals surface area contributed by atoms with Crippen LogP contribution in [0.1, 0.15) is 20.8 Å². The average molecular weight is 228 g/mol. The van der Waals surface area contributed by atoms with Gasteiger partial charge in [-0.1, -0.05) is 0 Å². The molecule has 0 spiro atoms. The monoisotopic (exact) mass is 228 g/mol. The van der Waals surface area contributed by atoms with Gasteiger partial charge in [0.25, 0.3) is 5.91 Å². The third-order valence-electron chi connectivity index (χ3n) is 1.81. The number of rotatable bonds is 2. The van der Waals surface area contributed by atoms with Crippen molar-refractivity contribution >= 4 is 18.0 Å². The summed E-state index contributed by atoms with van der Waals surface area (Å²) < 4.78 is 0. The van der Waals surface area contributed by atoms with Gasteiger partial charge in [-0.3, -0.25) is 10.1 Å². The molecule has 0 saturated carbocycles. The smallest absolute Gasteiger partial charge is 0.322 e. The van der Waals surface area contributed by atoms with E-state index in [2.05, 4.69) is 21.3 Å². The predicted octanol–water partition coefficient (Wildman–Crippen LogP) is -0.708. The van der Waals surface area contributed by atoms with Gasteiger partial charge >= 0.3 is 12.1 Å². The van der Waals surface area contributed by atoms with Crippen LogP contribution in [0.25, 0.3) is 0 Å². The highest BCUT2D eigenvalue weighted by atomic mass is 16.2. The highest BCUT2D eigenvalue weighted by Gasteiger charge is 2.29. The largest absolute Gasteiger partial charge is 0.336 e. The average Bonchev–Trinajstić information content (AvgIpc) is 2.38. The lowest BCUT2D eigenvalue weighted by Gasteiger charge is -2.21. The van der Waals surface area contributed by atoms with Gasteiger partial charge in [-0.05, 0) is 20.8 Å². The van der Waals surface area contributed by atoms with E-state index in [9.17, 15) is 14.4 Å². The third-order valence-corrected chi connectivity index (χ3v) is 1.81. The summed E-state index contributed by atoms with van der Waals surface area (Å²) >= 11 is 0. The van der Waals surface area contributed by atoms with Crippen molar-refractivity contribution in [3.05, 3.63) is 0 Å². The number of hydrogen-bond acceptors (Lipinski definition) is 3. The SMILES string of the molecule is CC(C)(C)NC(=O)NCC1NC(=O)NC1=O. The first-order valence-corrected chi connectivity index (χ1v) is 4.95. The van der Waals surface area contributed by atoms with E-state index in [0.29, 0.717) is 0 Å². The number of urea groups is 2. The molecule has 1 aliphatic rings. The molecule has 1 unspecified atom stereocenters. The van der Waals surface area contributed by atoms with Crippen LogP contribution in [0.2, 0.25) is 0 Å². The van der Waals surface area contributed by atoms with Crippen LogP contribution in [0.15, 0.2) is 0 Å². The molecule has 5 amide bonds. The molecule has 1 saturated heterocycles. The van der Waals surface area contributed by atoms with Gasteiger partial charge in [0.15, 0.2) is 0 Å². The fourth-order valence-corrected chi connectivity index (χ4v) is 1.18. The Morgan fingerprint density at radius 1 is 1.38 bits per heavy atom. The van der Waals surface area contributed by atoms with E-state index < -0.39 is 18.0 Å². The van der Waals surface area contributed by atoms with Crippen molar-refractivity contribution in [2.75, 3.05) is 6.54 Å². The third kappa shape index (κ3) is 3.76. The highest BCUT2D eigenvalue weighted by molar-refractivity contribution is 6.04. The molecule has 0 aromatic carbocycles. The van der Waals surface area contributed by atoms with Gasteiger partial charge in [-0.2, -0.15) is 0 Å². The van der Waals surface area contributed by atoms with Crippen LogP contribution in [-0.4, -0.2) is 36.1 Å². The minimum atomic E-state index is -0.696. The Morgan fingerprint density at radius 2 is 2.00 bits per heavy atom. The van der Waals surface area contributed by atoms with Crippen LogP contribution in [0.5, 0.6) is 0 Å². The van der Waals surface area contributed by atoms with Gasteiger partial charge in [-0.25, -0.2) is 9.59 Å². The molecule has 1 rings (SSSR count). The summed E-state index contributed by atoms with van der Waals surface area (Å²) in [6.07, 6.45) is 0. The lowest BCUT2D eigenvalue weighted by Crippen LogP contribution is -2.50. The second kappa shape index (κ2) is 4.38. The maximum Gasteiger partial charge on any atom is 0.322 e. The molecule has 1 aliphatic heterocycles. The van der Waals surface area contributed by atoms with Gasteiger partial charge in [-0.15, -0.1) is 0 Å². The molecule has 7 nitrogen and oxygen atoms in total. The van der Waals surface area contributed by atoms with Crippen molar-refractivity contribution in [1.29, 1.82) is 0 Å². The standard InChI is InChI=1S/C9H16N4O3/c1-9(2,3)13-7(15)10-4-5-6(14)12-8(16)11-5/h5H,4H2,1-3H3,(H2,10,13,15)(H2,11,12,14,16). The number of nitrogens with one attached hydrogen (secondary N) is 4. The molecule has 0 radical (unpaired) electrons. The molecule has 0 bridgehead atoms. The van der Waals surface area contributed by atoms with E-state index >= 15 is 0 Å². The molecule has 1 fully saturated rings. The first-order chi connectivity index (χ1) is 7.28. The number of carbonyl (C=O) groups excluding carboxylic acids is 3. The van der Waals surface area contributed by atoms with Crippen molar-refractivity contribution in [1.82, 2.24) is 21.3 Å². The second-order valence-corrected chi connectivity index (χ2v) is 4.60. The summed E-state index contributed by atoms with van der Waals surface area (Å²) in [7, 11) is 0. The Morgan fingerprint density at radius 3 is 2.44 bits per heavy atom. The van der Waals surface area contributed by atoms with Crippen LogP contribution < -0.4 is 21.3 Å². The Kier molecular flexibility index (Phi) is 3.36. The summed E-state index contributed by atoms with van der Waals surface area (Å²) in [5, 5.41) is 9.64. The lowest BCUT2D eigenvalue weighted by atomic mass is 10.1.